The van der Waals surface area contributed by atoms with Crippen molar-refractivity contribution < 1.29 is 29.2 Å². The van der Waals surface area contributed by atoms with Crippen LogP contribution in [0.5, 0.6) is 23.0 Å². The lowest BCUT2D eigenvalue weighted by Crippen LogP contribution is -2.40. The first-order valence-electron chi connectivity index (χ1n) is 10.5. The van der Waals surface area contributed by atoms with Gasteiger partial charge >= 0.3 is 5.97 Å². The highest BCUT2D eigenvalue weighted by Crippen LogP contribution is 2.39. The molecule has 1 aromatic heterocycles. The van der Waals surface area contributed by atoms with Gasteiger partial charge in [-0.2, -0.15) is 5.26 Å². The van der Waals surface area contributed by atoms with Gasteiger partial charge in [0.25, 0.3) is 5.56 Å². The van der Waals surface area contributed by atoms with Gasteiger partial charge in [-0.3, -0.25) is 9.36 Å². The first-order chi connectivity index (χ1) is 17.2. The summed E-state index contributed by atoms with van der Waals surface area (Å²) < 4.78 is 16.9. The summed E-state index contributed by atoms with van der Waals surface area (Å²) in [6, 6.07) is 11.0. The quantitative estimate of drug-likeness (QED) is 0.428. The van der Waals surface area contributed by atoms with Crippen LogP contribution in [0.3, 0.4) is 0 Å². The van der Waals surface area contributed by atoms with Gasteiger partial charge in [-0.25, -0.2) is 4.79 Å². The van der Waals surface area contributed by atoms with Gasteiger partial charge in [0.1, 0.15) is 10.5 Å². The molecule has 184 valence electrons. The summed E-state index contributed by atoms with van der Waals surface area (Å²) >= 11 is 1.00. The lowest BCUT2D eigenvalue weighted by molar-refractivity contribution is -0.134. The van der Waals surface area contributed by atoms with Crippen LogP contribution in [0, 0.1) is 11.3 Å². The molecule has 2 heterocycles. The van der Waals surface area contributed by atoms with Crippen molar-refractivity contribution in [2.45, 2.75) is 5.92 Å². The van der Waals surface area contributed by atoms with Gasteiger partial charge in [0, 0.05) is 0 Å². The number of phenols is 2. The minimum atomic E-state index is -0.975. The maximum absolute atomic E-state index is 13.4. The Hall–Kier alpha value is -4.69. The largest absolute Gasteiger partial charge is 0.504 e. The number of allylic oxidation sites excluding steroid dienone is 1. The van der Waals surface area contributed by atoms with Crippen LogP contribution in [0.2, 0.25) is 0 Å². The van der Waals surface area contributed by atoms with Crippen molar-refractivity contribution in [3.8, 4) is 29.1 Å². The number of aromatic nitrogens is 1. The average molecular weight is 508 g/mol. The van der Waals surface area contributed by atoms with Crippen LogP contribution in [0.1, 0.15) is 17.0 Å². The molecular weight excluding hydrogens is 486 g/mol. The number of fused-ring (bicyclic) bond motifs is 1. The second-order valence-electron chi connectivity index (χ2n) is 7.67. The summed E-state index contributed by atoms with van der Waals surface area (Å²) in [5.41, 5.74) is 6.79. The number of rotatable bonds is 5. The summed E-state index contributed by atoms with van der Waals surface area (Å²) in [7, 11) is 3.98. The van der Waals surface area contributed by atoms with E-state index >= 15 is 0 Å². The van der Waals surface area contributed by atoms with E-state index in [1.165, 1.54) is 45.6 Å². The molecule has 0 radical (unpaired) electrons. The summed E-state index contributed by atoms with van der Waals surface area (Å²) in [5.74, 6) is -1.67. The maximum atomic E-state index is 13.4. The van der Waals surface area contributed by atoms with Gasteiger partial charge in [0.05, 0.1) is 49.0 Å². The summed E-state index contributed by atoms with van der Waals surface area (Å²) in [4.78, 5) is 26.4. The molecule has 36 heavy (non-hydrogen) atoms. The predicted octanol–water partition coefficient (Wildman–Crippen LogP) is 0.939. The van der Waals surface area contributed by atoms with Gasteiger partial charge < -0.3 is 30.2 Å². The molecule has 3 aromatic rings. The van der Waals surface area contributed by atoms with Crippen molar-refractivity contribution in [2.75, 3.05) is 21.3 Å². The Balaban J connectivity index is 2.07. The monoisotopic (exact) mass is 507 g/mol. The van der Waals surface area contributed by atoms with Gasteiger partial charge in [-0.05, 0) is 41.5 Å². The van der Waals surface area contributed by atoms with Crippen LogP contribution in [-0.4, -0.2) is 42.1 Å². The highest BCUT2D eigenvalue weighted by molar-refractivity contribution is 7.07. The molecule has 0 bridgehead atoms. The standard InChI is InChI=1S/C25H21N3O7S/c1-33-17-8-12(4-6-15(17)29)9-19-23(31)28-22(27)14(11-26)20(21(24(28)36-19)25(32)35-3)13-5-7-16(30)18(10-13)34-2/h4-10,20,29-30H,27H2,1-3H3/b19-9+/t20-/m1/s1. The third-order valence-electron chi connectivity index (χ3n) is 5.71. The molecule has 0 spiro atoms. The average Bonchev–Trinajstić information content (AvgIpc) is 3.20. The van der Waals surface area contributed by atoms with E-state index in [4.69, 9.17) is 19.9 Å². The number of aromatic hydroxyl groups is 2. The van der Waals surface area contributed by atoms with E-state index in [2.05, 4.69) is 0 Å². The van der Waals surface area contributed by atoms with Crippen LogP contribution < -0.4 is 30.0 Å². The number of phenolic OH excluding ortho intramolecular Hbond substituents is 2. The highest BCUT2D eigenvalue weighted by Gasteiger charge is 2.36. The van der Waals surface area contributed by atoms with Crippen LogP contribution >= 0.6 is 11.3 Å². The molecule has 2 aromatic carbocycles. The van der Waals surface area contributed by atoms with Crippen LogP contribution in [-0.2, 0) is 9.53 Å². The molecule has 1 aliphatic heterocycles. The van der Waals surface area contributed by atoms with Crippen molar-refractivity contribution in [3.05, 3.63) is 72.6 Å². The van der Waals surface area contributed by atoms with E-state index in [1.807, 2.05) is 6.07 Å². The Morgan fingerprint density at radius 2 is 1.75 bits per heavy atom. The Bertz CT molecular complexity index is 1640. The summed E-state index contributed by atoms with van der Waals surface area (Å²) in [5, 5.41) is 29.9. The molecule has 0 saturated carbocycles. The zero-order valence-corrected chi connectivity index (χ0v) is 20.3. The number of ether oxygens (including phenoxy) is 3. The van der Waals surface area contributed by atoms with Gasteiger partial charge in [-0.1, -0.05) is 12.1 Å². The number of benzene rings is 2. The van der Waals surface area contributed by atoms with Crippen LogP contribution in [0.25, 0.3) is 17.5 Å². The second kappa shape index (κ2) is 9.52. The van der Waals surface area contributed by atoms with Crippen LogP contribution in [0.4, 0.5) is 0 Å². The SMILES string of the molecule is COC(=O)C1=c2s/c(=C/c3ccc(O)c(OC)c3)c(=O)n2C(N)=C(C#N)[C@H]1c1ccc(O)c(OC)c1. The molecule has 0 fully saturated rings. The molecule has 0 amide bonds. The fourth-order valence-electron chi connectivity index (χ4n) is 4.00. The number of nitrogens with two attached hydrogens (primary N) is 1. The Morgan fingerprint density at radius 1 is 1.11 bits per heavy atom. The fraction of sp³-hybridized carbons (Fsp3) is 0.160. The van der Waals surface area contributed by atoms with Gasteiger partial charge in [0.2, 0.25) is 0 Å². The zero-order valence-electron chi connectivity index (χ0n) is 19.4. The minimum absolute atomic E-state index is 0.0339. The first kappa shape index (κ1) is 24.4. The fourth-order valence-corrected chi connectivity index (χ4v) is 5.16. The Kier molecular flexibility index (Phi) is 6.46. The van der Waals surface area contributed by atoms with Crippen molar-refractivity contribution in [1.82, 2.24) is 4.57 Å². The topological polar surface area (TPSA) is 157 Å². The van der Waals surface area contributed by atoms with Crippen LogP contribution in [0.15, 0.2) is 46.8 Å². The van der Waals surface area contributed by atoms with Gasteiger partial charge in [0.15, 0.2) is 23.0 Å². The number of nitrogens with zero attached hydrogens (tertiary/aromatic N) is 2. The number of hydrogen-bond donors (Lipinski definition) is 3. The van der Waals surface area contributed by atoms with E-state index in [0.29, 0.717) is 11.1 Å². The van der Waals surface area contributed by atoms with Crippen molar-refractivity contribution in [1.29, 1.82) is 5.26 Å². The molecule has 0 aliphatic carbocycles. The molecule has 1 atom stereocenters. The van der Waals surface area contributed by atoms with E-state index in [0.717, 1.165) is 15.9 Å². The minimum Gasteiger partial charge on any atom is -0.504 e. The molecule has 11 heteroatoms. The number of esters is 1. The summed E-state index contributed by atoms with van der Waals surface area (Å²) in [6.07, 6.45) is 1.56. The van der Waals surface area contributed by atoms with Crippen molar-refractivity contribution in [3.63, 3.8) is 0 Å². The first-order valence-corrected chi connectivity index (χ1v) is 11.3. The number of methoxy groups -OCH3 is 3. The Labute approximate surface area is 208 Å². The third kappa shape index (κ3) is 3.93. The Morgan fingerprint density at radius 3 is 2.36 bits per heavy atom. The second-order valence-corrected chi connectivity index (χ2v) is 8.70. The van der Waals surface area contributed by atoms with E-state index in [-0.39, 0.29) is 49.2 Å². The molecular formula is C25H21N3O7S. The zero-order chi connectivity index (χ0) is 26.1. The predicted molar refractivity (Wildman–Crippen MR) is 132 cm³/mol. The number of carbonyl (C=O) groups is 1. The molecule has 0 unspecified atom stereocenters. The smallest absolute Gasteiger partial charge is 0.337 e. The molecule has 4 rings (SSSR count). The molecule has 0 saturated heterocycles. The van der Waals surface area contributed by atoms with Crippen molar-refractivity contribution in [2.24, 2.45) is 5.73 Å². The maximum Gasteiger partial charge on any atom is 0.337 e. The molecule has 4 N–H and O–H groups in total. The lowest BCUT2D eigenvalue weighted by atomic mass is 9.83. The normalized spacial score (nSPS) is 15.3. The number of thiazole rings is 1. The number of carbonyl (C=O) groups excluding carboxylic acids is 1. The lowest BCUT2D eigenvalue weighted by Gasteiger charge is -2.24. The van der Waals surface area contributed by atoms with E-state index < -0.39 is 17.4 Å². The van der Waals surface area contributed by atoms with Gasteiger partial charge in [-0.15, -0.1) is 11.3 Å². The van der Waals surface area contributed by atoms with Crippen molar-refractivity contribution >= 4 is 34.8 Å². The molecule has 10 nitrogen and oxygen atoms in total. The third-order valence-corrected chi connectivity index (χ3v) is 6.82. The number of hydrogen-bond acceptors (Lipinski definition) is 10. The van der Waals surface area contributed by atoms with E-state index in [1.54, 1.807) is 18.2 Å². The number of nitriles is 1. The molecule has 1 aliphatic rings. The van der Waals surface area contributed by atoms with E-state index in [9.17, 15) is 25.1 Å². The highest BCUT2D eigenvalue weighted by atomic mass is 32.1. The summed E-state index contributed by atoms with van der Waals surface area (Å²) in [6.45, 7) is 0.